The summed E-state index contributed by atoms with van der Waals surface area (Å²) in [5.41, 5.74) is 8.81. The van der Waals surface area contributed by atoms with Gasteiger partial charge in [-0.2, -0.15) is 4.98 Å². The van der Waals surface area contributed by atoms with Crippen LogP contribution in [-0.4, -0.2) is 32.2 Å². The number of benzene rings is 2. The van der Waals surface area contributed by atoms with Crippen LogP contribution in [0.5, 0.6) is 0 Å². The zero-order valence-electron chi connectivity index (χ0n) is 19.1. The number of carboxylic acids is 1. The molecule has 1 N–H and O–H groups in total. The lowest BCUT2D eigenvalue weighted by Crippen LogP contribution is -2.44. The number of hydrogen-bond donors (Lipinski definition) is 1. The number of aryl methyl sites for hydroxylation is 2. The summed E-state index contributed by atoms with van der Waals surface area (Å²) in [4.78, 5) is 18.2. The molecule has 4 aromatic rings. The topological polar surface area (TPSA) is 92.6 Å². The number of carbonyl (C=O) groups is 1. The van der Waals surface area contributed by atoms with E-state index in [0.717, 1.165) is 59.3 Å². The second-order valence-corrected chi connectivity index (χ2v) is 9.47. The number of aliphatic carboxylic acids is 1. The zero-order valence-corrected chi connectivity index (χ0v) is 19.1. The van der Waals surface area contributed by atoms with Gasteiger partial charge in [-0.25, -0.2) is 0 Å². The molecule has 0 bridgehead atoms. The smallest absolute Gasteiger partial charge is 0.306 e. The normalized spacial score (nSPS) is 19.7. The number of aromatic nitrogens is 2. The number of rotatable bonds is 5. The van der Waals surface area contributed by atoms with Gasteiger partial charge in [0.2, 0.25) is 5.82 Å². The predicted molar refractivity (Wildman–Crippen MR) is 126 cm³/mol. The van der Waals surface area contributed by atoms with Crippen molar-refractivity contribution in [3.63, 3.8) is 0 Å². The first-order chi connectivity index (χ1) is 16.5. The molecule has 0 saturated heterocycles. The maximum atomic E-state index is 11.1. The van der Waals surface area contributed by atoms with Crippen molar-refractivity contribution in [2.75, 3.05) is 0 Å². The quantitative estimate of drug-likeness (QED) is 0.427. The van der Waals surface area contributed by atoms with Gasteiger partial charge in [-0.05, 0) is 78.8 Å². The molecule has 0 unspecified atom stereocenters. The van der Waals surface area contributed by atoms with Gasteiger partial charge in [0, 0.05) is 35.8 Å². The highest BCUT2D eigenvalue weighted by Crippen LogP contribution is 2.38. The summed E-state index contributed by atoms with van der Waals surface area (Å²) in [6.07, 6.45) is 4.91. The molecular formula is C27H25N3O4. The molecule has 7 nitrogen and oxygen atoms in total. The molecule has 3 heterocycles. The van der Waals surface area contributed by atoms with E-state index in [2.05, 4.69) is 53.2 Å². The van der Waals surface area contributed by atoms with Crippen molar-refractivity contribution < 1.29 is 18.8 Å². The molecule has 1 fully saturated rings. The van der Waals surface area contributed by atoms with E-state index in [4.69, 9.17) is 14.0 Å². The van der Waals surface area contributed by atoms with Crippen LogP contribution < -0.4 is 0 Å². The highest BCUT2D eigenvalue weighted by Gasteiger charge is 2.39. The number of hydrogen-bond acceptors (Lipinski definition) is 6. The van der Waals surface area contributed by atoms with Crippen LogP contribution in [-0.2, 0) is 17.9 Å². The number of furan rings is 1. The van der Waals surface area contributed by atoms with Gasteiger partial charge in [0.25, 0.3) is 5.89 Å². The largest absolute Gasteiger partial charge is 0.481 e. The Labute approximate surface area is 197 Å². The van der Waals surface area contributed by atoms with Crippen LogP contribution >= 0.6 is 0 Å². The van der Waals surface area contributed by atoms with Crippen molar-refractivity contribution in [2.45, 2.75) is 45.8 Å². The molecule has 0 spiro atoms. The highest BCUT2D eigenvalue weighted by atomic mass is 16.5. The average Bonchev–Trinajstić information content (AvgIpc) is 3.52. The Morgan fingerprint density at radius 2 is 1.76 bits per heavy atom. The van der Waals surface area contributed by atoms with Crippen LogP contribution in [0.4, 0.5) is 0 Å². The van der Waals surface area contributed by atoms with E-state index in [-0.39, 0.29) is 5.92 Å². The molecule has 1 aliphatic heterocycles. The van der Waals surface area contributed by atoms with E-state index >= 15 is 0 Å². The fraction of sp³-hybridized carbons (Fsp3) is 0.296. The zero-order chi connectivity index (χ0) is 23.4. The van der Waals surface area contributed by atoms with Gasteiger partial charge < -0.3 is 14.0 Å². The van der Waals surface area contributed by atoms with Gasteiger partial charge in [-0.3, -0.25) is 9.69 Å². The Kier molecular flexibility index (Phi) is 4.88. The first kappa shape index (κ1) is 20.9. The van der Waals surface area contributed by atoms with Crippen LogP contribution in [0.2, 0.25) is 0 Å². The van der Waals surface area contributed by atoms with Crippen molar-refractivity contribution in [3.05, 3.63) is 71.2 Å². The Morgan fingerprint density at radius 3 is 2.47 bits per heavy atom. The minimum absolute atomic E-state index is 0.192. The third kappa shape index (κ3) is 3.53. The van der Waals surface area contributed by atoms with Crippen molar-refractivity contribution in [2.24, 2.45) is 5.92 Å². The fourth-order valence-electron chi connectivity index (χ4n) is 5.31. The van der Waals surface area contributed by atoms with Gasteiger partial charge in [-0.1, -0.05) is 17.3 Å². The maximum Gasteiger partial charge on any atom is 0.306 e. The van der Waals surface area contributed by atoms with Crippen molar-refractivity contribution in [1.82, 2.24) is 15.0 Å². The van der Waals surface area contributed by atoms with Crippen LogP contribution in [0.3, 0.4) is 0 Å². The number of fused-ring (bicyclic) bond motifs is 1. The summed E-state index contributed by atoms with van der Waals surface area (Å²) in [6.45, 7) is 5.84. The highest BCUT2D eigenvalue weighted by molar-refractivity contribution is 5.74. The Bertz CT molecular complexity index is 1360. The molecule has 6 rings (SSSR count). The van der Waals surface area contributed by atoms with Gasteiger partial charge in [-0.15, -0.1) is 0 Å². The fourth-order valence-corrected chi connectivity index (χ4v) is 5.31. The molecule has 1 saturated carbocycles. The van der Waals surface area contributed by atoms with Gasteiger partial charge in [0.1, 0.15) is 0 Å². The molecule has 0 atom stereocenters. The van der Waals surface area contributed by atoms with E-state index in [0.29, 0.717) is 17.8 Å². The average molecular weight is 456 g/mol. The summed E-state index contributed by atoms with van der Waals surface area (Å²) in [5, 5.41) is 13.4. The van der Waals surface area contributed by atoms with Crippen molar-refractivity contribution in [1.29, 1.82) is 0 Å². The summed E-state index contributed by atoms with van der Waals surface area (Å²) >= 11 is 0. The van der Waals surface area contributed by atoms with E-state index in [9.17, 15) is 4.79 Å². The van der Waals surface area contributed by atoms with Gasteiger partial charge >= 0.3 is 5.97 Å². The Hall–Kier alpha value is -3.71. The molecule has 2 aromatic heterocycles. The molecule has 34 heavy (non-hydrogen) atoms. The first-order valence-corrected chi connectivity index (χ1v) is 11.5. The summed E-state index contributed by atoms with van der Waals surface area (Å²) in [6, 6.07) is 12.7. The second kappa shape index (κ2) is 7.95. The van der Waals surface area contributed by atoms with Crippen molar-refractivity contribution >= 4 is 5.97 Å². The standard InChI is InChI=1S/C27H25N3O4/c1-15-7-20(8-16(2)24(15)19-5-6-33-14-19)26-28-25(29-34-26)17-3-4-18-12-30(13-22(18)9-17)23-10-21(11-23)27(31)32/h3-9,14,21,23H,10-13H2,1-2H3,(H,31,32). The molecule has 0 radical (unpaired) electrons. The molecule has 2 aliphatic rings. The molecule has 7 heteroatoms. The van der Waals surface area contributed by atoms with E-state index in [1.807, 2.05) is 12.1 Å². The van der Waals surface area contributed by atoms with E-state index < -0.39 is 5.97 Å². The lowest BCUT2D eigenvalue weighted by molar-refractivity contribution is -0.147. The lowest BCUT2D eigenvalue weighted by atomic mass is 9.79. The minimum atomic E-state index is -0.676. The predicted octanol–water partition coefficient (Wildman–Crippen LogP) is 5.46. The summed E-state index contributed by atoms with van der Waals surface area (Å²) in [7, 11) is 0. The van der Waals surface area contributed by atoms with E-state index in [1.165, 1.54) is 11.1 Å². The molecule has 0 amide bonds. The second-order valence-electron chi connectivity index (χ2n) is 9.47. The maximum absolute atomic E-state index is 11.1. The van der Waals surface area contributed by atoms with Crippen molar-refractivity contribution in [3.8, 4) is 34.0 Å². The summed E-state index contributed by atoms with van der Waals surface area (Å²) in [5.74, 6) is 0.198. The third-order valence-corrected chi connectivity index (χ3v) is 7.21. The number of carboxylic acid groups (broad SMARTS) is 1. The Balaban J connectivity index is 1.22. The third-order valence-electron chi connectivity index (χ3n) is 7.21. The molecular weight excluding hydrogens is 430 g/mol. The van der Waals surface area contributed by atoms with Gasteiger partial charge in [0.05, 0.1) is 18.4 Å². The van der Waals surface area contributed by atoms with Crippen LogP contribution in [0.25, 0.3) is 34.0 Å². The molecule has 1 aliphatic carbocycles. The molecule has 2 aromatic carbocycles. The van der Waals surface area contributed by atoms with Crippen LogP contribution in [0.15, 0.2) is 57.9 Å². The minimum Gasteiger partial charge on any atom is -0.481 e. The Morgan fingerprint density at radius 1 is 1.00 bits per heavy atom. The SMILES string of the molecule is Cc1cc(-c2nc(-c3ccc4c(c3)CN(C3CC(C(=O)O)C3)C4)no2)cc(C)c1-c1ccoc1. The van der Waals surface area contributed by atoms with Crippen LogP contribution in [0, 0.1) is 19.8 Å². The summed E-state index contributed by atoms with van der Waals surface area (Å²) < 4.78 is 10.9. The number of nitrogens with zero attached hydrogens (tertiary/aromatic N) is 3. The first-order valence-electron chi connectivity index (χ1n) is 11.5. The van der Waals surface area contributed by atoms with E-state index in [1.54, 1.807) is 12.5 Å². The van der Waals surface area contributed by atoms with Gasteiger partial charge in [0.15, 0.2) is 0 Å². The molecule has 172 valence electrons. The van der Waals surface area contributed by atoms with Crippen LogP contribution in [0.1, 0.15) is 35.1 Å². The lowest BCUT2D eigenvalue weighted by Gasteiger charge is -2.39. The monoisotopic (exact) mass is 455 g/mol.